The Morgan fingerprint density at radius 3 is 2.36 bits per heavy atom. The molecule has 0 radical (unpaired) electrons. The van der Waals surface area contributed by atoms with Gasteiger partial charge in [-0.25, -0.2) is 0 Å². The van der Waals surface area contributed by atoms with Crippen molar-refractivity contribution in [3.05, 3.63) is 47.0 Å². The lowest BCUT2D eigenvalue weighted by Crippen LogP contribution is -2.31. The summed E-state index contributed by atoms with van der Waals surface area (Å²) in [7, 11) is 2.99. The van der Waals surface area contributed by atoms with E-state index in [9.17, 15) is 15.0 Å². The van der Waals surface area contributed by atoms with Gasteiger partial charge in [0.05, 0.1) is 26.7 Å². The predicted octanol–water partition coefficient (Wildman–Crippen LogP) is 3.62. The molecule has 2 aromatic rings. The van der Waals surface area contributed by atoms with Gasteiger partial charge in [0.1, 0.15) is 0 Å². The number of cyclic esters (lactones) is 1. The van der Waals surface area contributed by atoms with Gasteiger partial charge in [0.25, 0.3) is 0 Å². The number of carbonyl (C=O) groups excluding carboxylic acids is 1. The van der Waals surface area contributed by atoms with Gasteiger partial charge in [0, 0.05) is 11.8 Å². The summed E-state index contributed by atoms with van der Waals surface area (Å²) < 4.78 is 15.8. The fraction of sp³-hybridized carbons (Fsp3) is 0.409. The summed E-state index contributed by atoms with van der Waals surface area (Å²) in [5.41, 5.74) is 2.80. The van der Waals surface area contributed by atoms with Crippen molar-refractivity contribution in [1.29, 1.82) is 0 Å². The summed E-state index contributed by atoms with van der Waals surface area (Å²) >= 11 is 0. The topological polar surface area (TPSA) is 85.2 Å². The molecule has 6 heteroatoms. The van der Waals surface area contributed by atoms with Crippen LogP contribution in [0.5, 0.6) is 23.0 Å². The molecule has 1 unspecified atom stereocenters. The van der Waals surface area contributed by atoms with E-state index in [1.165, 1.54) is 14.2 Å². The van der Waals surface area contributed by atoms with Crippen LogP contribution in [0.2, 0.25) is 0 Å². The Balaban J connectivity index is 0.00000109. The van der Waals surface area contributed by atoms with Crippen LogP contribution in [-0.2, 0) is 16.0 Å². The normalized spacial score (nSPS) is 22.3. The van der Waals surface area contributed by atoms with Crippen molar-refractivity contribution in [2.24, 2.45) is 11.8 Å². The standard InChI is InChI=1S/C20H20O6.C2H6/c1-24-17-6-10(3-4-15(17)21)19-12-8-16(22)18(25-2)7-11(12)5-13-14(19)9-26-20(13)23;1-2/h3-4,6-8,13-14,19,21-22H,5,9H2,1-2H3;1-2H3/t13?,14-,19-;/m0./s1. The van der Waals surface area contributed by atoms with Crippen LogP contribution in [0.1, 0.15) is 36.5 Å². The lowest BCUT2D eigenvalue weighted by Gasteiger charge is -2.34. The molecule has 150 valence electrons. The quantitative estimate of drug-likeness (QED) is 0.784. The first-order chi connectivity index (χ1) is 13.5. The molecule has 2 N–H and O–H groups in total. The maximum Gasteiger partial charge on any atom is 0.309 e. The summed E-state index contributed by atoms with van der Waals surface area (Å²) in [6.45, 7) is 4.34. The van der Waals surface area contributed by atoms with Crippen molar-refractivity contribution in [3.63, 3.8) is 0 Å². The first-order valence-electron chi connectivity index (χ1n) is 9.46. The molecule has 3 atom stereocenters. The number of hydrogen-bond acceptors (Lipinski definition) is 6. The maximum atomic E-state index is 12.2. The molecule has 0 saturated carbocycles. The van der Waals surface area contributed by atoms with Gasteiger partial charge in [0.2, 0.25) is 0 Å². The molecular weight excluding hydrogens is 360 g/mol. The van der Waals surface area contributed by atoms with Gasteiger partial charge in [-0.1, -0.05) is 19.9 Å². The highest BCUT2D eigenvalue weighted by Gasteiger charge is 2.47. The second-order valence-corrected chi connectivity index (χ2v) is 6.74. The van der Waals surface area contributed by atoms with E-state index in [2.05, 4.69) is 0 Å². The van der Waals surface area contributed by atoms with E-state index in [0.717, 1.165) is 16.7 Å². The number of carbonyl (C=O) groups is 1. The monoisotopic (exact) mass is 386 g/mol. The molecule has 4 rings (SSSR count). The number of rotatable bonds is 3. The third-order valence-corrected chi connectivity index (χ3v) is 5.44. The third kappa shape index (κ3) is 3.23. The summed E-state index contributed by atoms with van der Waals surface area (Å²) in [5.74, 6) is 0.263. The number of phenolic OH excluding ortho intramolecular Hbond substituents is 2. The highest BCUT2D eigenvalue weighted by molar-refractivity contribution is 5.77. The van der Waals surface area contributed by atoms with Crippen LogP contribution in [-0.4, -0.2) is 37.0 Å². The zero-order valence-corrected chi connectivity index (χ0v) is 16.6. The lowest BCUT2D eigenvalue weighted by atomic mass is 9.67. The van der Waals surface area contributed by atoms with Gasteiger partial charge in [-0.05, 0) is 47.4 Å². The summed E-state index contributed by atoms with van der Waals surface area (Å²) in [6, 6.07) is 8.67. The number of ether oxygens (including phenoxy) is 3. The number of aromatic hydroxyl groups is 2. The molecule has 0 spiro atoms. The second kappa shape index (κ2) is 8.00. The van der Waals surface area contributed by atoms with E-state index in [1.54, 1.807) is 24.3 Å². The summed E-state index contributed by atoms with van der Waals surface area (Å²) in [6.07, 6.45) is 0.557. The fourth-order valence-electron chi connectivity index (χ4n) is 4.18. The van der Waals surface area contributed by atoms with E-state index in [-0.39, 0.29) is 35.2 Å². The minimum atomic E-state index is -0.235. The van der Waals surface area contributed by atoms with E-state index in [0.29, 0.717) is 24.5 Å². The smallest absolute Gasteiger partial charge is 0.309 e. The largest absolute Gasteiger partial charge is 0.504 e. The molecule has 0 aromatic heterocycles. The zero-order valence-electron chi connectivity index (χ0n) is 16.6. The first-order valence-corrected chi connectivity index (χ1v) is 9.46. The number of fused-ring (bicyclic) bond motifs is 2. The summed E-state index contributed by atoms with van der Waals surface area (Å²) in [4.78, 5) is 12.2. The van der Waals surface area contributed by atoms with Crippen molar-refractivity contribution >= 4 is 5.97 Å². The van der Waals surface area contributed by atoms with Crippen molar-refractivity contribution in [2.75, 3.05) is 20.8 Å². The Hall–Kier alpha value is -2.89. The Kier molecular flexibility index (Phi) is 5.68. The van der Waals surface area contributed by atoms with Gasteiger partial charge in [0.15, 0.2) is 23.0 Å². The number of benzene rings is 2. The summed E-state index contributed by atoms with van der Waals surface area (Å²) in [5, 5.41) is 20.2. The lowest BCUT2D eigenvalue weighted by molar-refractivity contribution is -0.141. The Morgan fingerprint density at radius 1 is 1.00 bits per heavy atom. The van der Waals surface area contributed by atoms with E-state index < -0.39 is 0 Å². The van der Waals surface area contributed by atoms with Crippen molar-refractivity contribution in [2.45, 2.75) is 26.2 Å². The van der Waals surface area contributed by atoms with Crippen LogP contribution in [0.3, 0.4) is 0 Å². The molecular formula is C22H26O6. The second-order valence-electron chi connectivity index (χ2n) is 6.74. The predicted molar refractivity (Wildman–Crippen MR) is 104 cm³/mol. The van der Waals surface area contributed by atoms with Gasteiger partial charge >= 0.3 is 5.97 Å². The molecule has 1 aliphatic heterocycles. The van der Waals surface area contributed by atoms with Crippen LogP contribution in [0.25, 0.3) is 0 Å². The SMILES string of the molecule is CC.COc1cc([C@H]2c3cc(O)c(OC)cc3CC3C(=O)OC[C@@H]32)ccc1O. The highest BCUT2D eigenvalue weighted by Crippen LogP contribution is 2.50. The third-order valence-electron chi connectivity index (χ3n) is 5.44. The van der Waals surface area contributed by atoms with E-state index in [1.807, 2.05) is 19.9 Å². The van der Waals surface area contributed by atoms with Crippen molar-refractivity contribution in [3.8, 4) is 23.0 Å². The molecule has 1 fully saturated rings. The Bertz CT molecular complexity index is 876. The van der Waals surface area contributed by atoms with Crippen molar-refractivity contribution in [1.82, 2.24) is 0 Å². The average molecular weight is 386 g/mol. The first kappa shape index (κ1) is 19.9. The molecule has 1 saturated heterocycles. The Morgan fingerprint density at radius 2 is 1.68 bits per heavy atom. The Labute approximate surface area is 164 Å². The van der Waals surface area contributed by atoms with Gasteiger partial charge in [-0.15, -0.1) is 0 Å². The fourth-order valence-corrected chi connectivity index (χ4v) is 4.18. The maximum absolute atomic E-state index is 12.2. The van der Waals surface area contributed by atoms with Crippen LogP contribution >= 0.6 is 0 Å². The molecule has 0 amide bonds. The molecule has 6 nitrogen and oxygen atoms in total. The molecule has 1 aliphatic carbocycles. The number of hydrogen-bond donors (Lipinski definition) is 2. The van der Waals surface area contributed by atoms with E-state index >= 15 is 0 Å². The number of esters is 1. The van der Waals surface area contributed by atoms with Crippen molar-refractivity contribution < 1.29 is 29.2 Å². The van der Waals surface area contributed by atoms with Gasteiger partial charge in [-0.2, -0.15) is 0 Å². The van der Waals surface area contributed by atoms with E-state index in [4.69, 9.17) is 14.2 Å². The molecule has 28 heavy (non-hydrogen) atoms. The molecule has 1 heterocycles. The molecule has 2 aromatic carbocycles. The molecule has 2 aliphatic rings. The minimum absolute atomic E-state index is 0.0305. The number of methoxy groups -OCH3 is 2. The van der Waals surface area contributed by atoms with Crippen LogP contribution in [0, 0.1) is 11.8 Å². The molecule has 0 bridgehead atoms. The van der Waals surface area contributed by atoms with Gasteiger partial charge < -0.3 is 24.4 Å². The number of phenols is 2. The van der Waals surface area contributed by atoms with Crippen LogP contribution < -0.4 is 9.47 Å². The zero-order chi connectivity index (χ0) is 20.4. The van der Waals surface area contributed by atoms with Gasteiger partial charge in [-0.3, -0.25) is 4.79 Å². The highest BCUT2D eigenvalue weighted by atomic mass is 16.5. The minimum Gasteiger partial charge on any atom is -0.504 e. The van der Waals surface area contributed by atoms with Crippen LogP contribution in [0.15, 0.2) is 30.3 Å². The van der Waals surface area contributed by atoms with Crippen LogP contribution in [0.4, 0.5) is 0 Å². The average Bonchev–Trinajstić information content (AvgIpc) is 3.08.